The van der Waals surface area contributed by atoms with E-state index in [1.807, 2.05) is 0 Å². The fourth-order valence-electron chi connectivity index (χ4n) is 4.75. The number of methoxy groups -OCH3 is 1. The van der Waals surface area contributed by atoms with Gasteiger partial charge in [0.25, 0.3) is 0 Å². The van der Waals surface area contributed by atoms with Crippen LogP contribution in [0, 0.1) is 6.92 Å². The number of anilines is 1. The number of aryl methyl sites for hydroxylation is 1. The van der Waals surface area contributed by atoms with Crippen molar-refractivity contribution in [1.82, 2.24) is 14.6 Å². The van der Waals surface area contributed by atoms with Crippen LogP contribution in [-0.4, -0.2) is 55.5 Å². The summed E-state index contributed by atoms with van der Waals surface area (Å²) in [6.07, 6.45) is 1.98. The zero-order valence-corrected chi connectivity index (χ0v) is 24.9. The molecule has 0 N–H and O–H groups in total. The van der Waals surface area contributed by atoms with Gasteiger partial charge in [-0.3, -0.25) is 0 Å². The number of sulfonamides is 2. The average molecular weight is 677 g/mol. The van der Waals surface area contributed by atoms with E-state index < -0.39 is 52.0 Å². The third-order valence-electron chi connectivity index (χ3n) is 7.02. The number of para-hydroxylation sites is 1. The van der Waals surface area contributed by atoms with Crippen molar-refractivity contribution < 1.29 is 52.7 Å². The van der Waals surface area contributed by atoms with Crippen molar-refractivity contribution in [3.8, 4) is 11.1 Å². The maximum Gasteiger partial charge on any atom is 0.517 e. The molecule has 10 nitrogen and oxygen atoms in total. The van der Waals surface area contributed by atoms with E-state index in [-0.39, 0.29) is 23.6 Å². The molecule has 1 saturated carbocycles. The summed E-state index contributed by atoms with van der Waals surface area (Å²) in [5.74, 6) is -0.496. The van der Waals surface area contributed by atoms with Crippen molar-refractivity contribution in [1.29, 1.82) is 0 Å². The molecular weight excluding hydrogens is 654 g/mol. The first-order valence-electron chi connectivity index (χ1n) is 13.0. The molecule has 18 heteroatoms. The third-order valence-corrected chi connectivity index (χ3v) is 10.6. The highest BCUT2D eigenvalue weighted by molar-refractivity contribution is 8.11. The second-order valence-corrected chi connectivity index (χ2v) is 13.9. The number of carbonyl (C=O) groups excluding carboxylic acids is 1. The molecule has 240 valence electrons. The molecule has 2 heterocycles. The minimum Gasteiger partial charge on any atom is -0.464 e. The number of hydrogen-bond acceptors (Lipinski definition) is 8. The minimum absolute atomic E-state index is 0.0603. The highest BCUT2D eigenvalue weighted by Crippen LogP contribution is 2.44. The van der Waals surface area contributed by atoms with Crippen molar-refractivity contribution >= 4 is 37.4 Å². The number of alkyl halides is 6. The summed E-state index contributed by atoms with van der Waals surface area (Å²) < 4.78 is 135. The Hall–Kier alpha value is -4.19. The van der Waals surface area contributed by atoms with Gasteiger partial charge in [-0.2, -0.15) is 48.3 Å². The van der Waals surface area contributed by atoms with Crippen molar-refractivity contribution in [2.45, 2.75) is 43.1 Å². The number of esters is 1. The molecule has 4 aromatic rings. The second kappa shape index (κ2) is 11.0. The summed E-state index contributed by atoms with van der Waals surface area (Å²) in [6.45, 7) is 1.74. The van der Waals surface area contributed by atoms with Gasteiger partial charge in [-0.1, -0.05) is 42.5 Å². The molecule has 0 atom stereocenters. The molecular formula is C27H22F6N4O6S2. The molecule has 1 aliphatic carbocycles. The summed E-state index contributed by atoms with van der Waals surface area (Å²) in [5.41, 5.74) is -11.6. The Morgan fingerprint density at radius 2 is 1.53 bits per heavy atom. The third kappa shape index (κ3) is 5.71. The number of hydrogen-bond donors (Lipinski definition) is 0. The van der Waals surface area contributed by atoms with E-state index in [2.05, 4.69) is 10.1 Å². The monoisotopic (exact) mass is 676 g/mol. The molecule has 0 aliphatic heterocycles. The summed E-state index contributed by atoms with van der Waals surface area (Å²) in [7, 11) is -12.9. The Morgan fingerprint density at radius 3 is 2.07 bits per heavy atom. The van der Waals surface area contributed by atoms with Crippen LogP contribution in [-0.2, 0) is 31.2 Å². The normalized spacial score (nSPS) is 14.5. The number of halogens is 6. The van der Waals surface area contributed by atoms with E-state index in [4.69, 9.17) is 4.74 Å². The summed E-state index contributed by atoms with van der Waals surface area (Å²) in [6, 6.07) is 10.7. The van der Waals surface area contributed by atoms with Crippen LogP contribution in [0.3, 0.4) is 0 Å². The average Bonchev–Trinajstić information content (AvgIpc) is 3.74. The maximum absolute atomic E-state index is 13.5. The fourth-order valence-corrected chi connectivity index (χ4v) is 7.50. The molecule has 45 heavy (non-hydrogen) atoms. The highest BCUT2D eigenvalue weighted by Gasteiger charge is 2.62. The van der Waals surface area contributed by atoms with Gasteiger partial charge in [-0.15, -0.1) is 3.71 Å². The number of nitrogens with zero attached hydrogens (tertiary/aromatic N) is 4. The van der Waals surface area contributed by atoms with Gasteiger partial charge < -0.3 is 4.74 Å². The van der Waals surface area contributed by atoms with Crippen LogP contribution in [0.2, 0.25) is 0 Å². The second-order valence-electron chi connectivity index (χ2n) is 10.1. The lowest BCUT2D eigenvalue weighted by Crippen LogP contribution is -2.49. The molecule has 0 radical (unpaired) electrons. The van der Waals surface area contributed by atoms with Gasteiger partial charge >= 0.3 is 37.0 Å². The standard InChI is InChI=1S/C27H22F6N4O6S2/c1-15-13-21(25(38)43-2)34-24-20(23(18-11-12-18)35-36(15)24)14-16-7-9-17(10-8-16)19-5-3-4-6-22(19)37(44(39,40)26(28,29)30)45(41,42)27(31,32)33/h3-10,13,18H,11-12,14H2,1-2H3. The molecule has 0 spiro atoms. The Kier molecular flexibility index (Phi) is 7.88. The zero-order valence-electron chi connectivity index (χ0n) is 23.2. The van der Waals surface area contributed by atoms with Crippen LogP contribution in [0.1, 0.15) is 51.8 Å². The van der Waals surface area contributed by atoms with Gasteiger partial charge in [0, 0.05) is 29.2 Å². The van der Waals surface area contributed by atoms with Crippen molar-refractivity contribution in [2.75, 3.05) is 10.8 Å². The zero-order chi connectivity index (χ0) is 33.1. The number of benzene rings is 2. The van der Waals surface area contributed by atoms with Gasteiger partial charge in [-0.25, -0.2) is 14.3 Å². The smallest absolute Gasteiger partial charge is 0.464 e. The van der Waals surface area contributed by atoms with Gasteiger partial charge in [0.05, 0.1) is 18.5 Å². The van der Waals surface area contributed by atoms with Crippen molar-refractivity contribution in [3.63, 3.8) is 0 Å². The van der Waals surface area contributed by atoms with Crippen LogP contribution in [0.5, 0.6) is 0 Å². The lowest BCUT2D eigenvalue weighted by molar-refractivity contribution is -0.0462. The highest BCUT2D eigenvalue weighted by atomic mass is 32.3. The van der Waals surface area contributed by atoms with E-state index in [1.165, 1.54) is 43.5 Å². The topological polar surface area (TPSA) is 128 Å². The molecule has 1 aliphatic rings. The van der Waals surface area contributed by atoms with E-state index in [9.17, 15) is 48.0 Å². The first-order chi connectivity index (χ1) is 20.9. The van der Waals surface area contributed by atoms with Crippen molar-refractivity contribution in [2.24, 2.45) is 0 Å². The Balaban J connectivity index is 1.59. The maximum atomic E-state index is 13.5. The SMILES string of the molecule is COC(=O)c1cc(C)n2nc(C3CC3)c(Cc3ccc(-c4ccccc4N(S(=O)(=O)C(F)(F)F)S(=O)(=O)C(F)(F)F)cc3)c2n1. The van der Waals surface area contributed by atoms with Crippen LogP contribution in [0.15, 0.2) is 54.6 Å². The molecule has 0 saturated heterocycles. The van der Waals surface area contributed by atoms with E-state index >= 15 is 0 Å². The number of rotatable bonds is 8. The van der Waals surface area contributed by atoms with E-state index in [0.717, 1.165) is 30.7 Å². The summed E-state index contributed by atoms with van der Waals surface area (Å²) >= 11 is 0. The quantitative estimate of drug-likeness (QED) is 0.178. The molecule has 0 amide bonds. The molecule has 0 unspecified atom stereocenters. The van der Waals surface area contributed by atoms with E-state index in [0.29, 0.717) is 28.5 Å². The predicted molar refractivity (Wildman–Crippen MR) is 148 cm³/mol. The van der Waals surface area contributed by atoms with Gasteiger partial charge in [0.2, 0.25) is 0 Å². The van der Waals surface area contributed by atoms with Crippen LogP contribution in [0.25, 0.3) is 16.8 Å². The lowest BCUT2D eigenvalue weighted by Gasteiger charge is -2.27. The molecule has 2 aromatic carbocycles. The van der Waals surface area contributed by atoms with Crippen molar-refractivity contribution in [3.05, 3.63) is 82.8 Å². The summed E-state index contributed by atoms with van der Waals surface area (Å²) in [4.78, 5) is 16.6. The summed E-state index contributed by atoms with van der Waals surface area (Å²) in [5, 5.41) is 4.68. The van der Waals surface area contributed by atoms with Crippen LogP contribution >= 0.6 is 0 Å². The van der Waals surface area contributed by atoms with Crippen LogP contribution in [0.4, 0.5) is 32.0 Å². The minimum atomic E-state index is -7.07. The first kappa shape index (κ1) is 32.2. The van der Waals surface area contributed by atoms with Gasteiger partial charge in [-0.05, 0) is 43.0 Å². The number of carbonyl (C=O) groups is 1. The lowest BCUT2D eigenvalue weighted by atomic mass is 9.98. The first-order valence-corrected chi connectivity index (χ1v) is 15.9. The van der Waals surface area contributed by atoms with E-state index in [1.54, 1.807) is 11.4 Å². The molecule has 0 bridgehead atoms. The molecule has 1 fully saturated rings. The number of aromatic nitrogens is 3. The molecule has 2 aromatic heterocycles. The largest absolute Gasteiger partial charge is 0.517 e. The van der Waals surface area contributed by atoms with Gasteiger partial charge in [0.15, 0.2) is 11.3 Å². The predicted octanol–water partition coefficient (Wildman–Crippen LogP) is 5.47. The Morgan fingerprint density at radius 1 is 0.956 bits per heavy atom. The Labute approximate surface area is 252 Å². The van der Waals surface area contributed by atoms with Gasteiger partial charge in [0.1, 0.15) is 0 Å². The molecule has 5 rings (SSSR count). The Bertz CT molecular complexity index is 1980. The van der Waals surface area contributed by atoms with Crippen LogP contribution < -0.4 is 3.71 Å². The number of ether oxygens (including phenoxy) is 1. The number of fused-ring (bicyclic) bond motifs is 1. The fraction of sp³-hybridized carbons (Fsp3) is 0.296.